The molecule has 0 radical (unpaired) electrons. The number of hydrogen-bond donors (Lipinski definition) is 1. The summed E-state index contributed by atoms with van der Waals surface area (Å²) in [7, 11) is 4.92. The molecule has 112 valence electrons. The molecule has 0 aliphatic rings. The number of hydrogen-bond acceptors (Lipinski definition) is 4. The quantitative estimate of drug-likeness (QED) is 0.850. The van der Waals surface area contributed by atoms with Crippen LogP contribution in [0.3, 0.4) is 0 Å². The van der Waals surface area contributed by atoms with Crippen molar-refractivity contribution in [3.8, 4) is 17.2 Å². The number of anilines is 1. The van der Waals surface area contributed by atoms with Crippen molar-refractivity contribution in [2.75, 3.05) is 26.6 Å². The zero-order valence-electron chi connectivity index (χ0n) is 12.3. The number of para-hydroxylation sites is 1. The van der Waals surface area contributed by atoms with Crippen LogP contribution in [0.5, 0.6) is 17.2 Å². The number of nitrogens with one attached hydrogen (secondary N) is 1. The van der Waals surface area contributed by atoms with Crippen LogP contribution in [0.15, 0.2) is 40.9 Å². The van der Waals surface area contributed by atoms with Crippen LogP contribution in [0.1, 0.15) is 5.56 Å². The summed E-state index contributed by atoms with van der Waals surface area (Å²) in [5, 5.41) is 3.36. The van der Waals surface area contributed by atoms with Crippen LogP contribution < -0.4 is 19.5 Å². The maximum atomic E-state index is 5.43. The molecule has 4 nitrogen and oxygen atoms in total. The molecule has 0 saturated heterocycles. The van der Waals surface area contributed by atoms with E-state index in [-0.39, 0.29) is 0 Å². The molecule has 0 saturated carbocycles. The van der Waals surface area contributed by atoms with Crippen molar-refractivity contribution < 1.29 is 14.2 Å². The lowest BCUT2D eigenvalue weighted by Crippen LogP contribution is -2.04. The van der Waals surface area contributed by atoms with Crippen LogP contribution in [0.25, 0.3) is 0 Å². The monoisotopic (exact) mass is 351 g/mol. The predicted octanol–water partition coefficient (Wildman–Crippen LogP) is 4.09. The van der Waals surface area contributed by atoms with Gasteiger partial charge >= 0.3 is 0 Å². The summed E-state index contributed by atoms with van der Waals surface area (Å²) in [6, 6.07) is 11.6. The van der Waals surface area contributed by atoms with E-state index < -0.39 is 0 Å². The van der Waals surface area contributed by atoms with E-state index in [4.69, 9.17) is 14.2 Å². The van der Waals surface area contributed by atoms with Gasteiger partial charge in [-0.3, -0.25) is 0 Å². The second-order valence-corrected chi connectivity index (χ2v) is 5.27. The van der Waals surface area contributed by atoms with Crippen LogP contribution in [-0.4, -0.2) is 21.3 Å². The van der Waals surface area contributed by atoms with Gasteiger partial charge in [0, 0.05) is 16.6 Å². The minimum absolute atomic E-state index is 0.604. The highest BCUT2D eigenvalue weighted by molar-refractivity contribution is 9.10. The molecular weight excluding hydrogens is 334 g/mol. The molecule has 0 aliphatic heterocycles. The summed E-state index contributed by atoms with van der Waals surface area (Å²) in [6.07, 6.45) is 0. The molecule has 0 bridgehead atoms. The number of halogens is 1. The Hall–Kier alpha value is -1.88. The van der Waals surface area contributed by atoms with E-state index in [9.17, 15) is 0 Å². The van der Waals surface area contributed by atoms with E-state index in [2.05, 4.69) is 21.2 Å². The number of ether oxygens (including phenoxy) is 3. The minimum atomic E-state index is 0.604. The van der Waals surface area contributed by atoms with Crippen molar-refractivity contribution in [2.45, 2.75) is 6.54 Å². The summed E-state index contributed by atoms with van der Waals surface area (Å²) >= 11 is 3.46. The van der Waals surface area contributed by atoms with Gasteiger partial charge in [-0.1, -0.05) is 28.1 Å². The van der Waals surface area contributed by atoms with E-state index in [0.717, 1.165) is 33.0 Å². The van der Waals surface area contributed by atoms with E-state index >= 15 is 0 Å². The first kappa shape index (κ1) is 15.5. The smallest absolute Gasteiger partial charge is 0.165 e. The third-order valence-corrected chi connectivity index (χ3v) is 3.61. The molecule has 0 atom stereocenters. The molecule has 0 heterocycles. The van der Waals surface area contributed by atoms with Crippen LogP contribution in [0.4, 0.5) is 5.69 Å². The van der Waals surface area contributed by atoms with Gasteiger partial charge in [0.15, 0.2) is 11.5 Å². The Bertz CT molecular complexity index is 616. The molecule has 21 heavy (non-hydrogen) atoms. The predicted molar refractivity (Wildman–Crippen MR) is 87.6 cm³/mol. The highest BCUT2D eigenvalue weighted by Gasteiger charge is 2.10. The zero-order chi connectivity index (χ0) is 15.2. The van der Waals surface area contributed by atoms with Crippen molar-refractivity contribution >= 4 is 21.6 Å². The lowest BCUT2D eigenvalue weighted by Gasteiger charge is -2.15. The maximum Gasteiger partial charge on any atom is 0.165 e. The Morgan fingerprint density at radius 2 is 1.71 bits per heavy atom. The largest absolute Gasteiger partial charge is 0.495 e. The summed E-state index contributed by atoms with van der Waals surface area (Å²) in [6.45, 7) is 0.604. The first-order valence-corrected chi connectivity index (χ1v) is 7.26. The van der Waals surface area contributed by atoms with Crippen molar-refractivity contribution in [2.24, 2.45) is 0 Å². The highest BCUT2D eigenvalue weighted by atomic mass is 79.9. The molecule has 2 aromatic carbocycles. The Kier molecular flexibility index (Phi) is 5.33. The molecule has 5 heteroatoms. The molecular formula is C16H18BrNO3. The first-order chi connectivity index (χ1) is 10.2. The maximum absolute atomic E-state index is 5.43. The van der Waals surface area contributed by atoms with Crippen LogP contribution >= 0.6 is 15.9 Å². The van der Waals surface area contributed by atoms with Gasteiger partial charge in [-0.25, -0.2) is 0 Å². The lowest BCUT2D eigenvalue weighted by molar-refractivity contribution is 0.352. The average Bonchev–Trinajstić information content (AvgIpc) is 2.52. The van der Waals surface area contributed by atoms with E-state index in [1.165, 1.54) is 0 Å². The summed E-state index contributed by atoms with van der Waals surface area (Å²) in [5.74, 6) is 2.25. The van der Waals surface area contributed by atoms with Crippen molar-refractivity contribution in [3.05, 3.63) is 46.4 Å². The molecule has 1 N–H and O–H groups in total. The van der Waals surface area contributed by atoms with E-state index in [0.29, 0.717) is 6.54 Å². The second-order valence-electron chi connectivity index (χ2n) is 4.35. The Balaban J connectivity index is 2.22. The molecule has 0 spiro atoms. The van der Waals surface area contributed by atoms with Gasteiger partial charge in [0.1, 0.15) is 5.75 Å². The van der Waals surface area contributed by atoms with Gasteiger partial charge in [0.05, 0.1) is 27.0 Å². The van der Waals surface area contributed by atoms with Crippen LogP contribution in [0, 0.1) is 0 Å². The number of benzene rings is 2. The third kappa shape index (κ3) is 3.61. The molecule has 0 fully saturated rings. The zero-order valence-corrected chi connectivity index (χ0v) is 13.9. The van der Waals surface area contributed by atoms with Crippen LogP contribution in [-0.2, 0) is 6.54 Å². The number of methoxy groups -OCH3 is 3. The lowest BCUT2D eigenvalue weighted by atomic mass is 10.1. The number of rotatable bonds is 6. The van der Waals surface area contributed by atoms with Gasteiger partial charge in [0.25, 0.3) is 0 Å². The van der Waals surface area contributed by atoms with Gasteiger partial charge in [-0.15, -0.1) is 0 Å². The normalized spacial score (nSPS) is 10.1. The molecule has 0 amide bonds. The molecule has 2 rings (SSSR count). The Labute approximate surface area is 133 Å². The standard InChI is InChI=1S/C16H18BrNO3/c1-19-14-8-7-12(17)9-13(14)18-10-11-5-4-6-15(20-2)16(11)21-3/h4-9,18H,10H2,1-3H3. The summed E-state index contributed by atoms with van der Waals surface area (Å²) < 4.78 is 17.1. The van der Waals surface area contributed by atoms with E-state index in [1.807, 2.05) is 36.4 Å². The van der Waals surface area contributed by atoms with Gasteiger partial charge in [0.2, 0.25) is 0 Å². The topological polar surface area (TPSA) is 39.7 Å². The summed E-state index contributed by atoms with van der Waals surface area (Å²) in [4.78, 5) is 0. The van der Waals surface area contributed by atoms with Crippen molar-refractivity contribution in [1.82, 2.24) is 0 Å². The van der Waals surface area contributed by atoms with Crippen LogP contribution in [0.2, 0.25) is 0 Å². The Morgan fingerprint density at radius 3 is 2.38 bits per heavy atom. The fourth-order valence-corrected chi connectivity index (χ4v) is 2.46. The molecule has 0 unspecified atom stereocenters. The van der Waals surface area contributed by atoms with Gasteiger partial charge < -0.3 is 19.5 Å². The average molecular weight is 352 g/mol. The second kappa shape index (κ2) is 7.22. The first-order valence-electron chi connectivity index (χ1n) is 6.47. The highest BCUT2D eigenvalue weighted by Crippen LogP contribution is 2.33. The van der Waals surface area contributed by atoms with Gasteiger partial charge in [-0.05, 0) is 24.3 Å². The van der Waals surface area contributed by atoms with Crippen molar-refractivity contribution in [3.63, 3.8) is 0 Å². The summed E-state index contributed by atoms with van der Waals surface area (Å²) in [5.41, 5.74) is 1.93. The van der Waals surface area contributed by atoms with E-state index in [1.54, 1.807) is 21.3 Å². The molecule has 0 aliphatic carbocycles. The minimum Gasteiger partial charge on any atom is -0.495 e. The fraction of sp³-hybridized carbons (Fsp3) is 0.250. The molecule has 0 aromatic heterocycles. The van der Waals surface area contributed by atoms with Crippen molar-refractivity contribution in [1.29, 1.82) is 0 Å². The van der Waals surface area contributed by atoms with Gasteiger partial charge in [-0.2, -0.15) is 0 Å². The fourth-order valence-electron chi connectivity index (χ4n) is 2.10. The Morgan fingerprint density at radius 1 is 0.952 bits per heavy atom. The third-order valence-electron chi connectivity index (χ3n) is 3.12. The molecule has 2 aromatic rings. The SMILES string of the molecule is COc1ccc(Br)cc1NCc1cccc(OC)c1OC.